The van der Waals surface area contributed by atoms with Crippen LogP contribution in [-0.2, 0) is 26.2 Å². The van der Waals surface area contributed by atoms with E-state index in [0.717, 1.165) is 0 Å². The summed E-state index contributed by atoms with van der Waals surface area (Å²) in [7, 11) is -0.981. The molecule has 0 bridgehead atoms. The summed E-state index contributed by atoms with van der Waals surface area (Å²) in [5, 5.41) is 6.35. The molecule has 28 heavy (non-hydrogen) atoms. The number of fused-ring (bicyclic) bond motifs is 4. The van der Waals surface area contributed by atoms with Crippen molar-refractivity contribution < 1.29 is 51.0 Å². The van der Waals surface area contributed by atoms with Crippen molar-refractivity contribution in [2.45, 2.75) is 39.3 Å². The van der Waals surface area contributed by atoms with Crippen LogP contribution in [0, 0.1) is 5.92 Å². The molecule has 0 saturated carbocycles. The van der Waals surface area contributed by atoms with Crippen LogP contribution in [0.5, 0.6) is 0 Å². The summed E-state index contributed by atoms with van der Waals surface area (Å²) in [5.74, 6) is 2.13. The molecular weight excluding hydrogens is 478 g/mol. The van der Waals surface area contributed by atoms with Crippen LogP contribution in [0.2, 0.25) is 13.1 Å². The molecule has 2 aliphatic rings. The largest absolute Gasteiger partial charge is 4.00 e. The van der Waals surface area contributed by atoms with Crippen LogP contribution >= 0.6 is 0 Å². The monoisotopic (exact) mass is 502 g/mol. The van der Waals surface area contributed by atoms with Crippen LogP contribution in [0.4, 0.5) is 0 Å². The summed E-state index contributed by atoms with van der Waals surface area (Å²) in [4.78, 5) is 0. The van der Waals surface area contributed by atoms with E-state index >= 15 is 0 Å². The van der Waals surface area contributed by atoms with Gasteiger partial charge in [-0.1, -0.05) is 62.0 Å². The Bertz CT molecular complexity index is 958. The van der Waals surface area contributed by atoms with E-state index in [4.69, 9.17) is 0 Å². The zero-order chi connectivity index (χ0) is 17.6. The summed E-state index contributed by atoms with van der Waals surface area (Å²) in [6.07, 6.45) is 5.71. The molecule has 0 fully saturated rings. The van der Waals surface area contributed by atoms with Crippen molar-refractivity contribution in [2.24, 2.45) is 0 Å². The summed E-state index contributed by atoms with van der Waals surface area (Å²) >= 11 is 0. The molecule has 1 atom stereocenters. The van der Waals surface area contributed by atoms with Crippen LogP contribution < -0.4 is 35.2 Å². The van der Waals surface area contributed by atoms with E-state index in [1.54, 1.807) is 16.3 Å². The second kappa shape index (κ2) is 9.98. The molecule has 3 aromatic carbocycles. The molecule has 0 spiro atoms. The first kappa shape index (κ1) is 25.5. The van der Waals surface area contributed by atoms with Gasteiger partial charge in [0, 0.05) is 8.07 Å². The Kier molecular flexibility index (Phi) is 9.10. The predicted octanol–water partition coefficient (Wildman–Crippen LogP) is -0.498. The molecule has 0 N–H and O–H groups in total. The van der Waals surface area contributed by atoms with Gasteiger partial charge in [-0.05, 0) is 5.56 Å². The zero-order valence-corrected chi connectivity index (χ0v) is 21.9. The minimum absolute atomic E-state index is 0. The number of rotatable bonds is 2. The van der Waals surface area contributed by atoms with Gasteiger partial charge in [0.25, 0.3) is 0 Å². The van der Waals surface area contributed by atoms with Crippen molar-refractivity contribution in [3.05, 3.63) is 77.7 Å². The molecule has 5 rings (SSSR count). The van der Waals surface area contributed by atoms with Gasteiger partial charge < -0.3 is 30.7 Å². The van der Waals surface area contributed by atoms with Crippen molar-refractivity contribution in [1.29, 1.82) is 0 Å². The van der Waals surface area contributed by atoms with Gasteiger partial charge in [-0.15, -0.1) is 41.6 Å². The Morgan fingerprint density at radius 1 is 1.00 bits per heavy atom. The van der Waals surface area contributed by atoms with Crippen LogP contribution in [0.15, 0.2) is 60.7 Å². The Hall–Kier alpha value is -0.530. The molecule has 0 radical (unpaired) electrons. The topological polar surface area (TPSA) is 0 Å². The number of halogens is 2. The van der Waals surface area contributed by atoms with E-state index in [2.05, 4.69) is 93.7 Å². The Morgan fingerprint density at radius 2 is 1.64 bits per heavy atom. The van der Waals surface area contributed by atoms with E-state index in [1.165, 1.54) is 28.3 Å². The minimum atomic E-state index is -0.981. The number of hydrogen-bond donors (Lipinski definition) is 0. The van der Waals surface area contributed by atoms with Crippen LogP contribution in [0.3, 0.4) is 0 Å². The van der Waals surface area contributed by atoms with Gasteiger partial charge in [-0.2, -0.15) is 29.1 Å². The van der Waals surface area contributed by atoms with Gasteiger partial charge in [0.2, 0.25) is 0 Å². The van der Waals surface area contributed by atoms with Gasteiger partial charge >= 0.3 is 26.2 Å². The smallest absolute Gasteiger partial charge is 1.00 e. The molecule has 0 aromatic heterocycles. The van der Waals surface area contributed by atoms with Gasteiger partial charge in [0.05, 0.1) is 0 Å². The Balaban J connectivity index is 0.000000253. The third-order valence-electron chi connectivity index (χ3n) is 5.92. The SMILES string of the molecule is CC[C-](C)C1C=Cc2ccccc21.C[Si]1(C)c2[cH-]c3ccccc3c21.[Cl-].[Cl-].[Zr+4]. The number of hydrogen-bond acceptors (Lipinski definition) is 0. The molecule has 1 aliphatic heterocycles. The maximum atomic E-state index is 2.43. The molecule has 1 unspecified atom stereocenters. The second-order valence-electron chi connectivity index (χ2n) is 7.81. The van der Waals surface area contributed by atoms with E-state index < -0.39 is 8.07 Å². The van der Waals surface area contributed by atoms with Crippen LogP contribution in [0.1, 0.15) is 37.3 Å². The first-order chi connectivity index (χ1) is 12.0. The standard InChI is InChI=1S/C13H15.C11H11Si.2ClH.Zr/c1-3-10(2)12-9-8-11-6-4-5-7-13(11)12;1-12(2)10-7-8-5-3-4-6-9(8)11(10)12;;;/h4-9,12H,3H2,1-2H3;3-7H,1-2H3;2*1H;/q2*-1;;;+4/p-2. The van der Waals surface area contributed by atoms with Crippen molar-refractivity contribution in [1.82, 2.24) is 0 Å². The van der Waals surface area contributed by atoms with E-state index in [-0.39, 0.29) is 51.0 Å². The number of allylic oxidation sites excluding steroid dienone is 1. The maximum Gasteiger partial charge on any atom is 4.00 e. The molecule has 1 aliphatic carbocycles. The van der Waals surface area contributed by atoms with Crippen LogP contribution in [0.25, 0.3) is 16.8 Å². The molecule has 0 saturated heterocycles. The molecule has 1 heterocycles. The van der Waals surface area contributed by atoms with Gasteiger partial charge in [0.15, 0.2) is 0 Å². The zero-order valence-electron chi connectivity index (χ0n) is 16.9. The van der Waals surface area contributed by atoms with Crippen molar-refractivity contribution in [3.63, 3.8) is 0 Å². The normalized spacial score (nSPS) is 16.7. The van der Waals surface area contributed by atoms with Gasteiger partial charge in [-0.25, -0.2) is 0 Å². The van der Waals surface area contributed by atoms with Crippen molar-refractivity contribution in [2.75, 3.05) is 0 Å². The predicted molar refractivity (Wildman–Crippen MR) is 114 cm³/mol. The summed E-state index contributed by atoms with van der Waals surface area (Å²) < 4.78 is 0. The average Bonchev–Trinajstić information content (AvgIpc) is 3.03. The van der Waals surface area contributed by atoms with Crippen molar-refractivity contribution >= 4 is 35.3 Å². The minimum Gasteiger partial charge on any atom is -1.00 e. The van der Waals surface area contributed by atoms with E-state index in [1.807, 2.05) is 0 Å². The average molecular weight is 505 g/mol. The first-order valence-electron chi connectivity index (χ1n) is 9.33. The molecule has 4 heteroatoms. The fourth-order valence-corrected chi connectivity index (χ4v) is 7.51. The van der Waals surface area contributed by atoms with E-state index in [9.17, 15) is 0 Å². The third kappa shape index (κ3) is 4.46. The maximum absolute atomic E-state index is 2.43. The Morgan fingerprint density at radius 3 is 2.36 bits per heavy atom. The molecule has 0 nitrogen and oxygen atoms in total. The van der Waals surface area contributed by atoms with Gasteiger partial charge in [0.1, 0.15) is 0 Å². The third-order valence-corrected chi connectivity index (χ3v) is 9.20. The van der Waals surface area contributed by atoms with Crippen LogP contribution in [-0.4, -0.2) is 8.07 Å². The summed E-state index contributed by atoms with van der Waals surface area (Å²) in [5.41, 5.74) is 2.86. The molecule has 3 aromatic rings. The quantitative estimate of drug-likeness (QED) is 0.326. The Labute approximate surface area is 202 Å². The summed E-state index contributed by atoms with van der Waals surface area (Å²) in [6.45, 7) is 9.34. The molecular formula is C24H26Cl2SiZr. The molecule has 0 amide bonds. The second-order valence-corrected chi connectivity index (χ2v) is 12.1. The van der Waals surface area contributed by atoms with Gasteiger partial charge in [-0.3, -0.25) is 0 Å². The number of benzene rings is 2. The summed E-state index contributed by atoms with van der Waals surface area (Å²) in [6, 6.07) is 19.8. The fraction of sp³-hybridized carbons (Fsp3) is 0.250. The van der Waals surface area contributed by atoms with Crippen molar-refractivity contribution in [3.8, 4) is 0 Å². The fourth-order valence-electron chi connectivity index (χ4n) is 4.14. The first-order valence-corrected chi connectivity index (χ1v) is 12.3. The molecule has 144 valence electrons. The van der Waals surface area contributed by atoms with E-state index in [0.29, 0.717) is 5.92 Å².